The molecule has 114 valence electrons. The predicted molar refractivity (Wildman–Crippen MR) is 101 cm³/mol. The predicted octanol–water partition coefficient (Wildman–Crippen LogP) is 6.19. The largest absolute Gasteiger partial charge is 0.0620 e. The minimum Gasteiger partial charge on any atom is -0.0620 e. The van der Waals surface area contributed by atoms with Crippen molar-refractivity contribution in [2.45, 2.75) is 12.3 Å². The molecule has 0 heteroatoms. The maximum absolute atomic E-state index is 2.37. The maximum atomic E-state index is 2.37. The zero-order chi connectivity index (χ0) is 15.9. The standard InChI is InChI=1S/C24H18/c1-2-8-18-15-20(14-13-17(18)7-1)24-16-19-9-3-4-10-21(19)22-11-5-6-12-23(22)24/h1-15,24H,16H2/t24-/m1/s1. The van der Waals surface area contributed by atoms with Crippen molar-refractivity contribution in [1.29, 1.82) is 0 Å². The summed E-state index contributed by atoms with van der Waals surface area (Å²) < 4.78 is 0. The number of benzene rings is 4. The van der Waals surface area contributed by atoms with Gasteiger partial charge in [-0.25, -0.2) is 0 Å². The van der Waals surface area contributed by atoms with Gasteiger partial charge >= 0.3 is 0 Å². The van der Waals surface area contributed by atoms with E-state index in [4.69, 9.17) is 0 Å². The molecule has 0 N–H and O–H groups in total. The van der Waals surface area contributed by atoms with Crippen molar-refractivity contribution in [3.05, 3.63) is 108 Å². The van der Waals surface area contributed by atoms with Gasteiger partial charge in [0.25, 0.3) is 0 Å². The molecule has 0 unspecified atom stereocenters. The lowest BCUT2D eigenvalue weighted by molar-refractivity contribution is 0.795. The van der Waals surface area contributed by atoms with Crippen molar-refractivity contribution in [3.63, 3.8) is 0 Å². The Morgan fingerprint density at radius 3 is 2.21 bits per heavy atom. The van der Waals surface area contributed by atoms with Crippen LogP contribution in [0, 0.1) is 0 Å². The molecule has 5 rings (SSSR count). The normalized spacial score (nSPS) is 15.8. The summed E-state index contributed by atoms with van der Waals surface area (Å²) in [5.41, 5.74) is 7.10. The molecule has 1 atom stereocenters. The molecule has 0 radical (unpaired) electrons. The van der Waals surface area contributed by atoms with Crippen molar-refractivity contribution >= 4 is 10.8 Å². The first-order valence-electron chi connectivity index (χ1n) is 8.56. The van der Waals surface area contributed by atoms with E-state index in [2.05, 4.69) is 91.0 Å². The first kappa shape index (κ1) is 13.6. The fourth-order valence-electron chi connectivity index (χ4n) is 4.06. The highest BCUT2D eigenvalue weighted by atomic mass is 14.3. The molecule has 0 fully saturated rings. The van der Waals surface area contributed by atoms with Crippen LogP contribution in [0.15, 0.2) is 91.0 Å². The Labute approximate surface area is 142 Å². The lowest BCUT2D eigenvalue weighted by atomic mass is 9.75. The molecule has 0 bridgehead atoms. The van der Waals surface area contributed by atoms with Crippen molar-refractivity contribution < 1.29 is 0 Å². The Bertz CT molecular complexity index is 1040. The molecule has 4 aromatic rings. The van der Waals surface area contributed by atoms with Crippen LogP contribution in [0.4, 0.5) is 0 Å². The average molecular weight is 306 g/mol. The first-order chi connectivity index (χ1) is 11.9. The van der Waals surface area contributed by atoms with Crippen LogP contribution in [0.1, 0.15) is 22.6 Å². The molecule has 24 heavy (non-hydrogen) atoms. The molecule has 0 aromatic heterocycles. The fraction of sp³-hybridized carbons (Fsp3) is 0.0833. The van der Waals surface area contributed by atoms with Crippen LogP contribution in [0.2, 0.25) is 0 Å². The Hall–Kier alpha value is -2.86. The van der Waals surface area contributed by atoms with Crippen LogP contribution < -0.4 is 0 Å². The number of hydrogen-bond acceptors (Lipinski definition) is 0. The SMILES string of the molecule is c1ccc2c(c1)C[C@H](c1ccc3ccccc3c1)c1ccccc1-2. The van der Waals surface area contributed by atoms with Crippen LogP contribution in [0.5, 0.6) is 0 Å². The molecule has 0 saturated carbocycles. The number of hydrogen-bond donors (Lipinski definition) is 0. The Morgan fingerprint density at radius 2 is 1.29 bits per heavy atom. The van der Waals surface area contributed by atoms with Crippen LogP contribution in [0.3, 0.4) is 0 Å². The van der Waals surface area contributed by atoms with Gasteiger partial charge in [0.1, 0.15) is 0 Å². The second-order valence-corrected chi connectivity index (χ2v) is 6.61. The van der Waals surface area contributed by atoms with Crippen LogP contribution in [-0.2, 0) is 6.42 Å². The molecular weight excluding hydrogens is 288 g/mol. The first-order valence-corrected chi connectivity index (χ1v) is 8.56. The Balaban J connectivity index is 1.71. The Kier molecular flexibility index (Phi) is 3.02. The topological polar surface area (TPSA) is 0 Å². The van der Waals surface area contributed by atoms with Gasteiger partial charge in [-0.3, -0.25) is 0 Å². The molecule has 0 spiro atoms. The second-order valence-electron chi connectivity index (χ2n) is 6.61. The van der Waals surface area contributed by atoms with E-state index in [1.54, 1.807) is 0 Å². The van der Waals surface area contributed by atoms with Gasteiger partial charge in [0, 0.05) is 5.92 Å². The molecule has 0 nitrogen and oxygen atoms in total. The van der Waals surface area contributed by atoms with Crippen molar-refractivity contribution in [1.82, 2.24) is 0 Å². The maximum Gasteiger partial charge on any atom is 0.0136 e. The average Bonchev–Trinajstić information content (AvgIpc) is 2.67. The van der Waals surface area contributed by atoms with Crippen LogP contribution in [0.25, 0.3) is 21.9 Å². The van der Waals surface area contributed by atoms with Crippen molar-refractivity contribution in [2.75, 3.05) is 0 Å². The van der Waals surface area contributed by atoms with E-state index >= 15 is 0 Å². The zero-order valence-electron chi connectivity index (χ0n) is 13.4. The summed E-state index contributed by atoms with van der Waals surface area (Å²) >= 11 is 0. The smallest absolute Gasteiger partial charge is 0.0136 e. The van der Waals surface area contributed by atoms with Crippen molar-refractivity contribution in [3.8, 4) is 11.1 Å². The molecule has 0 saturated heterocycles. The van der Waals surface area contributed by atoms with E-state index in [1.807, 2.05) is 0 Å². The molecule has 0 amide bonds. The van der Waals surface area contributed by atoms with Gasteiger partial charge in [0.2, 0.25) is 0 Å². The number of fused-ring (bicyclic) bond motifs is 4. The van der Waals surface area contributed by atoms with E-state index in [9.17, 15) is 0 Å². The van der Waals surface area contributed by atoms with E-state index < -0.39 is 0 Å². The summed E-state index contributed by atoms with van der Waals surface area (Å²) in [6.07, 6.45) is 1.07. The summed E-state index contributed by atoms with van der Waals surface area (Å²) in [4.78, 5) is 0. The third-order valence-corrected chi connectivity index (χ3v) is 5.24. The monoisotopic (exact) mass is 306 g/mol. The molecule has 1 aliphatic rings. The van der Waals surface area contributed by atoms with E-state index in [1.165, 1.54) is 38.6 Å². The van der Waals surface area contributed by atoms with Crippen LogP contribution >= 0.6 is 0 Å². The van der Waals surface area contributed by atoms with E-state index in [0.29, 0.717) is 5.92 Å². The van der Waals surface area contributed by atoms with Gasteiger partial charge in [0.05, 0.1) is 0 Å². The highest BCUT2D eigenvalue weighted by Gasteiger charge is 2.25. The summed E-state index contributed by atoms with van der Waals surface area (Å²) in [6, 6.07) is 33.3. The lowest BCUT2D eigenvalue weighted by Gasteiger charge is -2.28. The van der Waals surface area contributed by atoms with Crippen LogP contribution in [-0.4, -0.2) is 0 Å². The highest BCUT2D eigenvalue weighted by molar-refractivity contribution is 5.84. The second kappa shape index (κ2) is 5.35. The third kappa shape index (κ3) is 2.07. The van der Waals surface area contributed by atoms with Crippen molar-refractivity contribution in [2.24, 2.45) is 0 Å². The Morgan fingerprint density at radius 1 is 0.583 bits per heavy atom. The van der Waals surface area contributed by atoms with Gasteiger partial charge in [-0.1, -0.05) is 91.0 Å². The fourth-order valence-corrected chi connectivity index (χ4v) is 4.06. The summed E-state index contributed by atoms with van der Waals surface area (Å²) in [5.74, 6) is 0.431. The summed E-state index contributed by atoms with van der Waals surface area (Å²) in [7, 11) is 0. The van der Waals surface area contributed by atoms with Gasteiger partial charge in [-0.05, 0) is 45.0 Å². The molecule has 1 aliphatic carbocycles. The van der Waals surface area contributed by atoms with E-state index in [0.717, 1.165) is 6.42 Å². The quantitative estimate of drug-likeness (QED) is 0.393. The number of rotatable bonds is 1. The minimum absolute atomic E-state index is 0.431. The lowest BCUT2D eigenvalue weighted by Crippen LogP contribution is -2.12. The van der Waals surface area contributed by atoms with E-state index in [-0.39, 0.29) is 0 Å². The summed E-state index contributed by atoms with van der Waals surface area (Å²) in [5, 5.41) is 2.64. The highest BCUT2D eigenvalue weighted by Crippen LogP contribution is 2.42. The molecule has 0 heterocycles. The molecular formula is C24H18. The van der Waals surface area contributed by atoms with Gasteiger partial charge in [0.15, 0.2) is 0 Å². The minimum atomic E-state index is 0.431. The third-order valence-electron chi connectivity index (χ3n) is 5.24. The molecule has 4 aromatic carbocycles. The summed E-state index contributed by atoms with van der Waals surface area (Å²) in [6.45, 7) is 0. The van der Waals surface area contributed by atoms with Gasteiger partial charge in [-0.15, -0.1) is 0 Å². The van der Waals surface area contributed by atoms with Gasteiger partial charge in [-0.2, -0.15) is 0 Å². The molecule has 0 aliphatic heterocycles. The zero-order valence-corrected chi connectivity index (χ0v) is 13.4. The van der Waals surface area contributed by atoms with Gasteiger partial charge < -0.3 is 0 Å².